The minimum atomic E-state index is -0.323. The molecule has 1 saturated heterocycles. The zero-order valence-corrected chi connectivity index (χ0v) is 29.9. The standard InChI is InChI=1S/C38H37Cl4N3O4/c39-29-18-27(19-30(40)21-29)22-48-24-35(43-47)31(28-10-11-33(41)34(42)20-28)12-15-44-16-13-38(14-17-44)25-45(36-9-5-4-8-32(36)38)37(46)49-23-26-6-2-1-3-7-26/h1-11,18-21,31,47H,12-17,22-25H2/b43-35+. The van der Waals surface area contributed by atoms with E-state index in [1.807, 2.05) is 60.7 Å². The molecule has 1 fully saturated rings. The van der Waals surface area contributed by atoms with Crippen LogP contribution in [0.4, 0.5) is 10.5 Å². The Labute approximate surface area is 306 Å². The highest BCUT2D eigenvalue weighted by Crippen LogP contribution is 2.47. The monoisotopic (exact) mass is 739 g/mol. The normalized spacial score (nSPS) is 16.5. The molecule has 1 amide bonds. The number of carbonyl (C=O) groups excluding carboxylic acids is 1. The van der Waals surface area contributed by atoms with E-state index in [1.54, 1.807) is 29.2 Å². The van der Waals surface area contributed by atoms with Gasteiger partial charge in [-0.05, 0) is 97.5 Å². The smallest absolute Gasteiger partial charge is 0.414 e. The van der Waals surface area contributed by atoms with Crippen LogP contribution in [0.1, 0.15) is 47.4 Å². The van der Waals surface area contributed by atoms with Crippen LogP contribution in [0.5, 0.6) is 0 Å². The zero-order chi connectivity index (χ0) is 34.4. The Morgan fingerprint density at radius 3 is 2.27 bits per heavy atom. The fourth-order valence-electron chi connectivity index (χ4n) is 6.96. The highest BCUT2D eigenvalue weighted by molar-refractivity contribution is 6.42. The SMILES string of the molecule is O=C(OCc1ccccc1)N1CC2(CCN(CCC(/C(COCc3cc(Cl)cc(Cl)c3)=N/O)c3ccc(Cl)c(Cl)c3)CC2)c2ccccc21. The van der Waals surface area contributed by atoms with Crippen molar-refractivity contribution in [2.75, 3.05) is 37.7 Å². The van der Waals surface area contributed by atoms with E-state index in [-0.39, 0.29) is 37.2 Å². The zero-order valence-electron chi connectivity index (χ0n) is 26.8. The summed E-state index contributed by atoms with van der Waals surface area (Å²) in [5.74, 6) is -0.263. The van der Waals surface area contributed by atoms with Gasteiger partial charge in [0.2, 0.25) is 0 Å². The number of nitrogens with zero attached hydrogens (tertiary/aromatic N) is 3. The first-order valence-corrected chi connectivity index (χ1v) is 17.7. The number of benzene rings is 4. The lowest BCUT2D eigenvalue weighted by molar-refractivity contribution is 0.139. The third-order valence-corrected chi connectivity index (χ3v) is 10.7. The highest BCUT2D eigenvalue weighted by Gasteiger charge is 2.46. The van der Waals surface area contributed by atoms with Gasteiger partial charge >= 0.3 is 6.09 Å². The molecule has 2 aliphatic heterocycles. The molecule has 0 bridgehead atoms. The molecule has 0 aromatic heterocycles. The van der Waals surface area contributed by atoms with E-state index in [0.29, 0.717) is 38.8 Å². The Kier molecular flexibility index (Phi) is 11.7. The summed E-state index contributed by atoms with van der Waals surface area (Å²) in [6.07, 6.45) is 2.15. The molecule has 2 heterocycles. The Morgan fingerprint density at radius 2 is 1.55 bits per heavy atom. The molecule has 49 heavy (non-hydrogen) atoms. The molecular weight excluding hydrogens is 704 g/mol. The van der Waals surface area contributed by atoms with Gasteiger partial charge in [0.15, 0.2) is 0 Å². The minimum absolute atomic E-state index is 0.0989. The third kappa shape index (κ3) is 8.54. The number of hydrogen-bond donors (Lipinski definition) is 1. The van der Waals surface area contributed by atoms with Gasteiger partial charge in [0.1, 0.15) is 6.61 Å². The Morgan fingerprint density at radius 1 is 0.837 bits per heavy atom. The van der Waals surface area contributed by atoms with Crippen molar-refractivity contribution in [1.82, 2.24) is 4.90 Å². The number of amides is 1. The summed E-state index contributed by atoms with van der Waals surface area (Å²) in [6, 6.07) is 28.7. The average Bonchev–Trinajstić information content (AvgIpc) is 3.42. The maximum absolute atomic E-state index is 13.3. The van der Waals surface area contributed by atoms with Crippen LogP contribution in [-0.4, -0.2) is 54.7 Å². The molecule has 6 rings (SSSR count). The molecule has 4 aromatic carbocycles. The average molecular weight is 742 g/mol. The lowest BCUT2D eigenvalue weighted by Gasteiger charge is -2.40. The Bertz CT molecular complexity index is 1780. The number of rotatable bonds is 11. The van der Waals surface area contributed by atoms with Gasteiger partial charge in [0.25, 0.3) is 0 Å². The van der Waals surface area contributed by atoms with Gasteiger partial charge in [-0.1, -0.05) is 106 Å². The first kappa shape index (κ1) is 35.5. The lowest BCUT2D eigenvalue weighted by atomic mass is 9.74. The number of ether oxygens (including phenoxy) is 2. The molecule has 1 atom stereocenters. The first-order chi connectivity index (χ1) is 23.7. The van der Waals surface area contributed by atoms with Crippen molar-refractivity contribution >= 4 is 63.9 Å². The quantitative estimate of drug-likeness (QED) is 0.0942. The maximum Gasteiger partial charge on any atom is 0.414 e. The van der Waals surface area contributed by atoms with Crippen LogP contribution in [0, 0.1) is 0 Å². The second-order valence-electron chi connectivity index (χ2n) is 12.6. The Balaban J connectivity index is 1.10. The second kappa shape index (κ2) is 16.2. The van der Waals surface area contributed by atoms with Crippen LogP contribution in [0.15, 0.2) is 96.2 Å². The molecule has 1 spiro atoms. The van der Waals surface area contributed by atoms with Crippen LogP contribution < -0.4 is 4.90 Å². The molecule has 11 heteroatoms. The summed E-state index contributed by atoms with van der Waals surface area (Å²) >= 11 is 25.0. The number of halogens is 4. The summed E-state index contributed by atoms with van der Waals surface area (Å²) in [5.41, 5.74) is 5.13. The molecular formula is C38H37Cl4N3O4. The largest absolute Gasteiger partial charge is 0.444 e. The molecule has 2 aliphatic rings. The van der Waals surface area contributed by atoms with Gasteiger partial charge < -0.3 is 19.6 Å². The van der Waals surface area contributed by atoms with Gasteiger partial charge in [-0.3, -0.25) is 4.90 Å². The predicted octanol–water partition coefficient (Wildman–Crippen LogP) is 10.0. The molecule has 0 aliphatic carbocycles. The van der Waals surface area contributed by atoms with Crippen molar-refractivity contribution in [2.24, 2.45) is 5.16 Å². The van der Waals surface area contributed by atoms with E-state index in [9.17, 15) is 10.0 Å². The second-order valence-corrected chi connectivity index (χ2v) is 14.3. The number of hydrogen-bond acceptors (Lipinski definition) is 6. The van der Waals surface area contributed by atoms with Gasteiger partial charge in [-0.25, -0.2) is 4.79 Å². The fraction of sp³-hybridized carbons (Fsp3) is 0.316. The number of likely N-dealkylation sites (tertiary alicyclic amines) is 1. The predicted molar refractivity (Wildman–Crippen MR) is 197 cm³/mol. The summed E-state index contributed by atoms with van der Waals surface area (Å²) < 4.78 is 11.7. The lowest BCUT2D eigenvalue weighted by Crippen LogP contribution is -2.46. The molecule has 0 radical (unpaired) electrons. The summed E-state index contributed by atoms with van der Waals surface area (Å²) in [4.78, 5) is 17.6. The number of para-hydroxylation sites is 1. The summed E-state index contributed by atoms with van der Waals surface area (Å²) in [6.45, 7) is 3.64. The number of anilines is 1. The molecule has 7 nitrogen and oxygen atoms in total. The van der Waals surface area contributed by atoms with E-state index in [0.717, 1.165) is 54.9 Å². The number of carbonyl (C=O) groups is 1. The number of fused-ring (bicyclic) bond motifs is 2. The van der Waals surface area contributed by atoms with E-state index in [4.69, 9.17) is 55.9 Å². The fourth-order valence-corrected chi connectivity index (χ4v) is 7.83. The molecule has 0 saturated carbocycles. The van der Waals surface area contributed by atoms with Crippen molar-refractivity contribution in [3.8, 4) is 0 Å². The van der Waals surface area contributed by atoms with Gasteiger partial charge in [-0.15, -0.1) is 0 Å². The maximum atomic E-state index is 13.3. The van der Waals surface area contributed by atoms with Crippen LogP contribution in [0.2, 0.25) is 20.1 Å². The number of piperidine rings is 1. The van der Waals surface area contributed by atoms with Crippen molar-refractivity contribution < 1.29 is 19.5 Å². The first-order valence-electron chi connectivity index (χ1n) is 16.2. The summed E-state index contributed by atoms with van der Waals surface area (Å²) in [7, 11) is 0. The Hall–Kier alpha value is -3.30. The van der Waals surface area contributed by atoms with Crippen LogP contribution in [-0.2, 0) is 28.1 Å². The van der Waals surface area contributed by atoms with Crippen LogP contribution in [0.25, 0.3) is 0 Å². The number of oxime groups is 1. The highest BCUT2D eigenvalue weighted by atomic mass is 35.5. The molecule has 1 unspecified atom stereocenters. The van der Waals surface area contributed by atoms with Crippen LogP contribution in [0.3, 0.4) is 0 Å². The topological polar surface area (TPSA) is 74.6 Å². The minimum Gasteiger partial charge on any atom is -0.444 e. The van der Waals surface area contributed by atoms with Crippen molar-refractivity contribution in [1.29, 1.82) is 0 Å². The third-order valence-electron chi connectivity index (χ3n) is 9.52. The van der Waals surface area contributed by atoms with Crippen molar-refractivity contribution in [2.45, 2.75) is 43.8 Å². The summed E-state index contributed by atoms with van der Waals surface area (Å²) in [5, 5.41) is 15.8. The van der Waals surface area contributed by atoms with Crippen molar-refractivity contribution in [3.63, 3.8) is 0 Å². The van der Waals surface area contributed by atoms with E-state index < -0.39 is 0 Å². The van der Waals surface area contributed by atoms with E-state index in [2.05, 4.69) is 16.1 Å². The molecule has 4 aromatic rings. The molecule has 1 N–H and O–H groups in total. The van der Waals surface area contributed by atoms with Gasteiger partial charge in [0, 0.05) is 27.9 Å². The van der Waals surface area contributed by atoms with Gasteiger partial charge in [-0.2, -0.15) is 0 Å². The molecule has 256 valence electrons. The van der Waals surface area contributed by atoms with E-state index in [1.165, 1.54) is 5.56 Å². The van der Waals surface area contributed by atoms with E-state index >= 15 is 0 Å². The van der Waals surface area contributed by atoms with Crippen molar-refractivity contribution in [3.05, 3.63) is 133 Å². The van der Waals surface area contributed by atoms with Gasteiger partial charge in [0.05, 0.1) is 34.7 Å². The van der Waals surface area contributed by atoms with Crippen LogP contribution >= 0.6 is 46.4 Å².